The minimum Gasteiger partial charge on any atom is -0.354 e. The monoisotopic (exact) mass is 632 g/mol. The van der Waals surface area contributed by atoms with E-state index < -0.39 is 6.04 Å². The van der Waals surface area contributed by atoms with Gasteiger partial charge in [0, 0.05) is 13.0 Å². The highest BCUT2D eigenvalue weighted by Crippen LogP contribution is 2.12. The van der Waals surface area contributed by atoms with Crippen LogP contribution in [0.2, 0.25) is 0 Å². The fraction of sp³-hybridized carbons (Fsp3) is 0.850. The minimum absolute atomic E-state index is 0.0292. The van der Waals surface area contributed by atoms with Gasteiger partial charge in [-0.1, -0.05) is 147 Å². The van der Waals surface area contributed by atoms with Gasteiger partial charge in [-0.15, -0.1) is 0 Å². The predicted octanol–water partition coefficient (Wildman–Crippen LogP) is 11.0. The Morgan fingerprint density at radius 3 is 1.33 bits per heavy atom. The molecule has 0 radical (unpaired) electrons. The Labute approximate surface area is 280 Å². The molecule has 0 aromatic heterocycles. The van der Waals surface area contributed by atoms with Crippen molar-refractivity contribution < 1.29 is 9.59 Å². The fourth-order valence-electron chi connectivity index (χ4n) is 5.77. The SMILES string of the molecule is CCCCCCCCC=CCCCCCCCCNC(=O)C(CCN)NC(=O)CCCCCCCC=CCCCCCCCC. The van der Waals surface area contributed by atoms with Crippen molar-refractivity contribution in [2.45, 2.75) is 206 Å². The van der Waals surface area contributed by atoms with Crippen LogP contribution in [0.4, 0.5) is 0 Å². The summed E-state index contributed by atoms with van der Waals surface area (Å²) in [5.41, 5.74) is 5.73. The van der Waals surface area contributed by atoms with E-state index in [0.717, 1.165) is 25.7 Å². The molecule has 45 heavy (non-hydrogen) atoms. The molecule has 0 spiro atoms. The van der Waals surface area contributed by atoms with E-state index in [1.807, 2.05) is 0 Å². The van der Waals surface area contributed by atoms with Gasteiger partial charge >= 0.3 is 0 Å². The van der Waals surface area contributed by atoms with Gasteiger partial charge in [-0.2, -0.15) is 0 Å². The van der Waals surface area contributed by atoms with Gasteiger partial charge in [0.15, 0.2) is 0 Å². The molecule has 0 fully saturated rings. The highest BCUT2D eigenvalue weighted by molar-refractivity contribution is 5.87. The quantitative estimate of drug-likeness (QED) is 0.0480. The van der Waals surface area contributed by atoms with Crippen molar-refractivity contribution in [3.05, 3.63) is 24.3 Å². The van der Waals surface area contributed by atoms with Crippen LogP contribution in [0.5, 0.6) is 0 Å². The van der Waals surface area contributed by atoms with E-state index in [-0.39, 0.29) is 11.8 Å². The molecule has 0 bridgehead atoms. The molecule has 1 atom stereocenters. The van der Waals surface area contributed by atoms with Crippen molar-refractivity contribution in [3.8, 4) is 0 Å². The fourth-order valence-corrected chi connectivity index (χ4v) is 5.77. The first-order valence-corrected chi connectivity index (χ1v) is 19.7. The van der Waals surface area contributed by atoms with Crippen molar-refractivity contribution >= 4 is 11.8 Å². The van der Waals surface area contributed by atoms with Crippen LogP contribution in [0, 0.1) is 0 Å². The first-order valence-electron chi connectivity index (χ1n) is 19.7. The van der Waals surface area contributed by atoms with E-state index in [0.29, 0.717) is 25.9 Å². The molecule has 0 saturated heterocycles. The topological polar surface area (TPSA) is 84.2 Å². The molecular formula is C40H77N3O2. The maximum atomic E-state index is 12.6. The van der Waals surface area contributed by atoms with Crippen LogP contribution < -0.4 is 16.4 Å². The third-order valence-electron chi connectivity index (χ3n) is 8.76. The maximum absolute atomic E-state index is 12.6. The molecule has 264 valence electrons. The summed E-state index contributed by atoms with van der Waals surface area (Å²) in [5, 5.41) is 5.95. The second-order valence-corrected chi connectivity index (χ2v) is 13.3. The Balaban J connectivity index is 3.69. The first kappa shape index (κ1) is 43.4. The molecule has 1 unspecified atom stereocenters. The van der Waals surface area contributed by atoms with Crippen molar-refractivity contribution in [3.63, 3.8) is 0 Å². The molecule has 0 aromatic rings. The van der Waals surface area contributed by atoms with Gasteiger partial charge in [0.1, 0.15) is 6.04 Å². The zero-order valence-electron chi connectivity index (χ0n) is 30.2. The van der Waals surface area contributed by atoms with Gasteiger partial charge in [-0.3, -0.25) is 9.59 Å². The maximum Gasteiger partial charge on any atom is 0.242 e. The minimum atomic E-state index is -0.514. The van der Waals surface area contributed by atoms with Gasteiger partial charge in [-0.05, 0) is 77.2 Å². The summed E-state index contributed by atoms with van der Waals surface area (Å²) >= 11 is 0. The number of carbonyl (C=O) groups is 2. The van der Waals surface area contributed by atoms with Crippen molar-refractivity contribution in [2.24, 2.45) is 5.73 Å². The lowest BCUT2D eigenvalue weighted by Crippen LogP contribution is -2.47. The number of nitrogens with two attached hydrogens (primary N) is 1. The Kier molecular flexibility index (Phi) is 35.5. The second kappa shape index (κ2) is 36.8. The molecule has 0 rings (SSSR count). The summed E-state index contributed by atoms with van der Waals surface area (Å²) in [6.07, 6.45) is 44.4. The molecule has 0 aliphatic rings. The van der Waals surface area contributed by atoms with E-state index in [9.17, 15) is 9.59 Å². The van der Waals surface area contributed by atoms with Crippen LogP contribution >= 0.6 is 0 Å². The van der Waals surface area contributed by atoms with E-state index >= 15 is 0 Å². The summed E-state index contributed by atoms with van der Waals surface area (Å²) in [6, 6.07) is -0.514. The molecule has 2 amide bonds. The average molecular weight is 632 g/mol. The number of hydrogen-bond donors (Lipinski definition) is 3. The summed E-state index contributed by atoms with van der Waals surface area (Å²) in [6.45, 7) is 5.60. The van der Waals surface area contributed by atoms with E-state index in [1.54, 1.807) is 0 Å². The van der Waals surface area contributed by atoms with Gasteiger partial charge in [-0.25, -0.2) is 0 Å². The second-order valence-electron chi connectivity index (χ2n) is 13.3. The molecular weight excluding hydrogens is 554 g/mol. The van der Waals surface area contributed by atoms with Crippen LogP contribution in [0.3, 0.4) is 0 Å². The highest BCUT2D eigenvalue weighted by atomic mass is 16.2. The van der Waals surface area contributed by atoms with Gasteiger partial charge in [0.25, 0.3) is 0 Å². The third-order valence-corrected chi connectivity index (χ3v) is 8.76. The average Bonchev–Trinajstić information content (AvgIpc) is 3.04. The third kappa shape index (κ3) is 33.6. The molecule has 0 aliphatic carbocycles. The van der Waals surface area contributed by atoms with Crippen LogP contribution in [0.1, 0.15) is 200 Å². The molecule has 4 N–H and O–H groups in total. The lowest BCUT2D eigenvalue weighted by Gasteiger charge is -2.18. The summed E-state index contributed by atoms with van der Waals surface area (Å²) in [4.78, 5) is 25.1. The molecule has 5 nitrogen and oxygen atoms in total. The van der Waals surface area contributed by atoms with Crippen molar-refractivity contribution in [1.29, 1.82) is 0 Å². The zero-order chi connectivity index (χ0) is 32.9. The molecule has 5 heteroatoms. The summed E-state index contributed by atoms with van der Waals surface area (Å²) < 4.78 is 0. The smallest absolute Gasteiger partial charge is 0.242 e. The predicted molar refractivity (Wildman–Crippen MR) is 198 cm³/mol. The largest absolute Gasteiger partial charge is 0.354 e. The number of amides is 2. The van der Waals surface area contributed by atoms with Crippen LogP contribution in [-0.4, -0.2) is 30.9 Å². The van der Waals surface area contributed by atoms with Crippen LogP contribution in [-0.2, 0) is 9.59 Å². The lowest BCUT2D eigenvalue weighted by molar-refractivity contribution is -0.129. The molecule has 0 heterocycles. The summed E-state index contributed by atoms with van der Waals surface area (Å²) in [5.74, 6) is -0.121. The summed E-state index contributed by atoms with van der Waals surface area (Å²) in [7, 11) is 0. The Morgan fingerprint density at radius 1 is 0.533 bits per heavy atom. The van der Waals surface area contributed by atoms with Crippen LogP contribution in [0.15, 0.2) is 24.3 Å². The van der Waals surface area contributed by atoms with E-state index in [4.69, 9.17) is 5.73 Å². The number of hydrogen-bond acceptors (Lipinski definition) is 3. The molecule has 0 aromatic carbocycles. The number of rotatable bonds is 35. The van der Waals surface area contributed by atoms with Crippen LogP contribution in [0.25, 0.3) is 0 Å². The number of unbranched alkanes of at least 4 members (excludes halogenated alkanes) is 23. The molecule has 0 aliphatic heterocycles. The normalized spacial score (nSPS) is 12.3. The van der Waals surface area contributed by atoms with Gasteiger partial charge in [0.2, 0.25) is 11.8 Å². The van der Waals surface area contributed by atoms with E-state index in [2.05, 4.69) is 48.8 Å². The Bertz CT molecular complexity index is 691. The number of nitrogens with one attached hydrogen (secondary N) is 2. The number of allylic oxidation sites excluding steroid dienone is 4. The number of carbonyl (C=O) groups excluding carboxylic acids is 2. The van der Waals surface area contributed by atoms with E-state index in [1.165, 1.54) is 148 Å². The highest BCUT2D eigenvalue weighted by Gasteiger charge is 2.19. The first-order chi connectivity index (χ1) is 22.2. The Morgan fingerprint density at radius 2 is 0.911 bits per heavy atom. The lowest BCUT2D eigenvalue weighted by atomic mass is 10.1. The van der Waals surface area contributed by atoms with Crippen molar-refractivity contribution in [2.75, 3.05) is 13.1 Å². The zero-order valence-corrected chi connectivity index (χ0v) is 30.2. The van der Waals surface area contributed by atoms with Crippen molar-refractivity contribution in [1.82, 2.24) is 10.6 Å². The Hall–Kier alpha value is -1.62. The van der Waals surface area contributed by atoms with Gasteiger partial charge in [0.05, 0.1) is 0 Å². The standard InChI is InChI=1S/C40H77N3O2/c1-3-5-7-9-11-13-15-17-19-21-23-25-27-29-31-33-37-42-40(45)38(35-36-41)43-39(44)34-32-30-28-26-24-22-20-18-16-14-12-10-8-6-4-2/h17-20,38H,3-16,21-37,41H2,1-2H3,(H,42,45)(H,43,44). The molecule has 0 saturated carbocycles. The van der Waals surface area contributed by atoms with Gasteiger partial charge < -0.3 is 16.4 Å².